The molecule has 1 amide bonds. The number of carbonyl (C=O) groups is 1. The first-order valence-corrected chi connectivity index (χ1v) is 10.6. The van der Waals surface area contributed by atoms with Crippen molar-refractivity contribution in [2.24, 2.45) is 0 Å². The largest absolute Gasteiger partial charge is 0.379 e. The van der Waals surface area contributed by atoms with Crippen molar-refractivity contribution >= 4 is 17.2 Å². The maximum absolute atomic E-state index is 13.0. The Morgan fingerprint density at radius 2 is 2.11 bits per heavy atom. The summed E-state index contributed by atoms with van der Waals surface area (Å²) in [5.74, 6) is 0.200. The Hall–Kier alpha value is -1.83. The van der Waals surface area contributed by atoms with E-state index in [4.69, 9.17) is 4.74 Å². The molecule has 6 nitrogen and oxygen atoms in total. The van der Waals surface area contributed by atoms with Gasteiger partial charge in [-0.05, 0) is 31.4 Å². The van der Waals surface area contributed by atoms with Gasteiger partial charge in [0.05, 0.1) is 31.0 Å². The number of hydrogen-bond acceptors (Lipinski definition) is 6. The second-order valence-corrected chi connectivity index (χ2v) is 8.04. The Bertz CT molecular complexity index is 745. The Balaban J connectivity index is 1.39. The Kier molecular flexibility index (Phi) is 6.11. The first-order chi connectivity index (χ1) is 13.3. The number of amides is 1. The number of hydrogen-bond donors (Lipinski definition) is 0. The van der Waals surface area contributed by atoms with Crippen LogP contribution in [0.4, 0.5) is 0 Å². The predicted octanol–water partition coefficient (Wildman–Crippen LogP) is 2.46. The summed E-state index contributed by atoms with van der Waals surface area (Å²) in [6.07, 6.45) is 5.55. The molecule has 7 heteroatoms. The molecule has 0 radical (unpaired) electrons. The maximum Gasteiger partial charge on any atom is 0.228 e. The van der Waals surface area contributed by atoms with Crippen LogP contribution in [0, 0.1) is 0 Å². The van der Waals surface area contributed by atoms with Gasteiger partial charge in [0, 0.05) is 43.8 Å². The van der Waals surface area contributed by atoms with Crippen molar-refractivity contribution in [3.8, 4) is 10.7 Å². The van der Waals surface area contributed by atoms with Gasteiger partial charge in [-0.15, -0.1) is 11.3 Å². The number of pyridine rings is 1. The Morgan fingerprint density at radius 1 is 1.22 bits per heavy atom. The van der Waals surface area contributed by atoms with Gasteiger partial charge in [-0.3, -0.25) is 14.7 Å². The molecule has 0 spiro atoms. The van der Waals surface area contributed by atoms with Gasteiger partial charge in [-0.2, -0.15) is 0 Å². The van der Waals surface area contributed by atoms with E-state index in [2.05, 4.69) is 19.8 Å². The smallest absolute Gasteiger partial charge is 0.228 e. The fourth-order valence-electron chi connectivity index (χ4n) is 3.85. The fraction of sp³-hybridized carbons (Fsp3) is 0.550. The van der Waals surface area contributed by atoms with E-state index in [1.807, 2.05) is 23.6 Å². The van der Waals surface area contributed by atoms with E-state index in [1.54, 1.807) is 17.5 Å². The highest BCUT2D eigenvalue weighted by Gasteiger charge is 2.29. The monoisotopic (exact) mass is 386 g/mol. The van der Waals surface area contributed by atoms with Crippen LogP contribution >= 0.6 is 11.3 Å². The number of carbonyl (C=O) groups excluding carboxylic acids is 1. The van der Waals surface area contributed by atoms with E-state index < -0.39 is 0 Å². The number of rotatable bonds is 5. The third-order valence-corrected chi connectivity index (χ3v) is 6.20. The molecule has 1 unspecified atom stereocenters. The first kappa shape index (κ1) is 18.5. The van der Waals surface area contributed by atoms with Crippen molar-refractivity contribution in [1.29, 1.82) is 0 Å². The minimum Gasteiger partial charge on any atom is -0.379 e. The van der Waals surface area contributed by atoms with E-state index >= 15 is 0 Å². The summed E-state index contributed by atoms with van der Waals surface area (Å²) in [7, 11) is 0. The number of nitrogens with zero attached hydrogens (tertiary/aromatic N) is 4. The van der Waals surface area contributed by atoms with Gasteiger partial charge < -0.3 is 9.64 Å². The average molecular weight is 387 g/mol. The standard InChI is InChI=1S/C20H26N4O2S/c25-19(13-16-15-27-20(22-16)18-6-1-3-7-21-18)24-8-4-2-5-17(24)14-23-9-11-26-12-10-23/h1,3,6-7,15,17H,2,4-5,8-14H2. The van der Waals surface area contributed by atoms with Crippen LogP contribution in [0.15, 0.2) is 29.8 Å². The molecule has 0 aliphatic carbocycles. The normalized spacial score (nSPS) is 21.3. The van der Waals surface area contributed by atoms with Crippen LogP contribution in [0.3, 0.4) is 0 Å². The summed E-state index contributed by atoms with van der Waals surface area (Å²) in [6.45, 7) is 5.37. The SMILES string of the molecule is O=C(Cc1csc(-c2ccccn2)n1)N1CCCCC1CN1CCOCC1. The summed E-state index contributed by atoms with van der Waals surface area (Å²) < 4.78 is 5.45. The molecule has 0 N–H and O–H groups in total. The van der Waals surface area contributed by atoms with Gasteiger partial charge in [0.25, 0.3) is 0 Å². The molecule has 0 saturated carbocycles. The topological polar surface area (TPSA) is 58.6 Å². The second-order valence-electron chi connectivity index (χ2n) is 7.19. The number of piperidine rings is 1. The van der Waals surface area contributed by atoms with E-state index in [0.717, 1.165) is 68.6 Å². The van der Waals surface area contributed by atoms with Gasteiger partial charge in [-0.1, -0.05) is 6.07 Å². The van der Waals surface area contributed by atoms with Crippen LogP contribution in [0.1, 0.15) is 25.0 Å². The lowest BCUT2D eigenvalue weighted by Gasteiger charge is -2.39. The summed E-state index contributed by atoms with van der Waals surface area (Å²) in [6, 6.07) is 6.12. The highest BCUT2D eigenvalue weighted by molar-refractivity contribution is 7.13. The van der Waals surface area contributed by atoms with Crippen molar-refractivity contribution in [3.63, 3.8) is 0 Å². The van der Waals surface area contributed by atoms with Crippen LogP contribution < -0.4 is 0 Å². The molecule has 0 bridgehead atoms. The van der Waals surface area contributed by atoms with Gasteiger partial charge >= 0.3 is 0 Å². The Labute approximate surface area is 164 Å². The summed E-state index contributed by atoms with van der Waals surface area (Å²) in [5, 5.41) is 2.87. The van der Waals surface area contributed by atoms with Crippen molar-refractivity contribution in [2.45, 2.75) is 31.7 Å². The molecule has 144 valence electrons. The van der Waals surface area contributed by atoms with Crippen molar-refractivity contribution in [3.05, 3.63) is 35.5 Å². The zero-order valence-corrected chi connectivity index (χ0v) is 16.4. The molecule has 4 heterocycles. The van der Waals surface area contributed by atoms with Gasteiger partial charge in [0.2, 0.25) is 5.91 Å². The Morgan fingerprint density at radius 3 is 2.93 bits per heavy atom. The minimum atomic E-state index is 0.200. The van der Waals surface area contributed by atoms with Gasteiger partial charge in [0.1, 0.15) is 5.01 Å². The minimum absolute atomic E-state index is 0.200. The zero-order chi connectivity index (χ0) is 18.5. The lowest BCUT2D eigenvalue weighted by Crippen LogP contribution is -2.51. The van der Waals surface area contributed by atoms with Crippen molar-refractivity contribution in [1.82, 2.24) is 19.8 Å². The van der Waals surface area contributed by atoms with Crippen molar-refractivity contribution < 1.29 is 9.53 Å². The van der Waals surface area contributed by atoms with Crippen LogP contribution in [0.2, 0.25) is 0 Å². The number of ether oxygens (including phenoxy) is 1. The number of aromatic nitrogens is 2. The number of thiazole rings is 1. The highest BCUT2D eigenvalue weighted by atomic mass is 32.1. The molecule has 2 aromatic heterocycles. The van der Waals surface area contributed by atoms with Gasteiger partial charge in [0.15, 0.2) is 0 Å². The third kappa shape index (κ3) is 4.72. The molecule has 1 atom stereocenters. The summed E-state index contributed by atoms with van der Waals surface area (Å²) in [5.41, 5.74) is 1.71. The van der Waals surface area contributed by atoms with E-state index in [-0.39, 0.29) is 5.91 Å². The van der Waals surface area contributed by atoms with Crippen LogP contribution in [-0.2, 0) is 16.0 Å². The number of morpholine rings is 1. The summed E-state index contributed by atoms with van der Waals surface area (Å²) in [4.78, 5) is 26.5. The van der Waals surface area contributed by atoms with Crippen LogP contribution in [0.25, 0.3) is 10.7 Å². The molecular weight excluding hydrogens is 360 g/mol. The molecule has 2 saturated heterocycles. The number of likely N-dealkylation sites (tertiary alicyclic amines) is 1. The molecule has 2 aliphatic rings. The van der Waals surface area contributed by atoms with Crippen LogP contribution in [-0.4, -0.2) is 71.1 Å². The third-order valence-electron chi connectivity index (χ3n) is 5.29. The highest BCUT2D eigenvalue weighted by Crippen LogP contribution is 2.23. The van der Waals surface area contributed by atoms with Crippen LogP contribution in [0.5, 0.6) is 0 Å². The van der Waals surface area contributed by atoms with Crippen molar-refractivity contribution in [2.75, 3.05) is 39.4 Å². The van der Waals surface area contributed by atoms with Gasteiger partial charge in [-0.25, -0.2) is 4.98 Å². The molecule has 4 rings (SSSR count). The fourth-order valence-corrected chi connectivity index (χ4v) is 4.65. The first-order valence-electron chi connectivity index (χ1n) is 9.75. The lowest BCUT2D eigenvalue weighted by atomic mass is 10.0. The zero-order valence-electron chi connectivity index (χ0n) is 15.5. The molecule has 0 aromatic carbocycles. The maximum atomic E-state index is 13.0. The lowest BCUT2D eigenvalue weighted by molar-refractivity contribution is -0.134. The quantitative estimate of drug-likeness (QED) is 0.790. The molecular formula is C20H26N4O2S. The average Bonchev–Trinajstić information content (AvgIpc) is 3.18. The summed E-state index contributed by atoms with van der Waals surface area (Å²) >= 11 is 1.55. The second kappa shape index (κ2) is 8.91. The predicted molar refractivity (Wildman–Crippen MR) is 106 cm³/mol. The van der Waals surface area contributed by atoms with E-state index in [1.165, 1.54) is 6.42 Å². The molecule has 2 fully saturated rings. The van der Waals surface area contributed by atoms with E-state index in [9.17, 15) is 4.79 Å². The molecule has 2 aromatic rings. The molecule has 2 aliphatic heterocycles. The van der Waals surface area contributed by atoms with E-state index in [0.29, 0.717) is 12.5 Å². The molecule has 27 heavy (non-hydrogen) atoms.